The minimum absolute atomic E-state index is 0.110. The summed E-state index contributed by atoms with van der Waals surface area (Å²) >= 11 is 10.5. The number of aromatic nitrogens is 2. The van der Waals surface area contributed by atoms with Gasteiger partial charge < -0.3 is 64.2 Å². The summed E-state index contributed by atoms with van der Waals surface area (Å²) in [6.07, 6.45) is 2.51. The van der Waals surface area contributed by atoms with E-state index in [-0.39, 0.29) is 13.2 Å². The molecule has 0 bridgehead atoms. The average molecular weight is 798 g/mol. The van der Waals surface area contributed by atoms with Gasteiger partial charge in [-0.3, -0.25) is 19.1 Å². The highest BCUT2D eigenvalue weighted by Gasteiger charge is 2.48. The van der Waals surface area contributed by atoms with Crippen molar-refractivity contribution in [2.24, 2.45) is 5.92 Å². The summed E-state index contributed by atoms with van der Waals surface area (Å²) < 4.78 is 34.8. The standard InChI is InChI=1S/C31H52N5O13PS2/c1-19(38)34-24-26(41)25(40)21(17-37)48-29(24)46-16-10-9-14-33-30(51)32-13-8-6-4-5-7-11-20-27(49-50(43,52)45-3)22(18-44-2)47-28(20)36-15-12-23(39)35-31(36)42/h5,7,12,15,20-22,24-29,37,40-41H,4,6,8-11,13-14,16-18H2,1-3H3,(H,34,38)(H,43,52)(H2,32,33,51)(H,35,39,42)/b7-5+/t20?,21-,22-,24-,25+,26-,27-,28-,29-,50?/m1/s1. The number of nitrogens with one attached hydrogen (secondary N) is 4. The van der Waals surface area contributed by atoms with Crippen LogP contribution in [0.2, 0.25) is 0 Å². The molecule has 3 rings (SSSR count). The van der Waals surface area contributed by atoms with Crippen LogP contribution >= 0.6 is 18.9 Å². The Bertz CT molecular complexity index is 1470. The van der Waals surface area contributed by atoms with Crippen molar-refractivity contribution >= 4 is 41.8 Å². The molecule has 1 aromatic heterocycles. The van der Waals surface area contributed by atoms with Crippen LogP contribution in [-0.2, 0) is 44.6 Å². The summed E-state index contributed by atoms with van der Waals surface area (Å²) in [6.45, 7) is -1.22. The van der Waals surface area contributed by atoms with Gasteiger partial charge in [0, 0.05) is 59.0 Å². The first-order valence-corrected chi connectivity index (χ1v) is 20.0. The predicted octanol–water partition coefficient (Wildman–Crippen LogP) is -0.734. The van der Waals surface area contributed by atoms with Crippen LogP contribution in [0.4, 0.5) is 0 Å². The van der Waals surface area contributed by atoms with E-state index in [9.17, 15) is 34.6 Å². The zero-order chi connectivity index (χ0) is 38.3. The van der Waals surface area contributed by atoms with Gasteiger partial charge in [-0.25, -0.2) is 4.79 Å². The third kappa shape index (κ3) is 13.6. The molecule has 1 amide bonds. The lowest BCUT2D eigenvalue weighted by Crippen LogP contribution is -2.64. The first-order chi connectivity index (χ1) is 24.8. The highest BCUT2D eigenvalue weighted by atomic mass is 32.5. The lowest BCUT2D eigenvalue weighted by Gasteiger charge is -2.42. The number of nitrogens with zero attached hydrogens (tertiary/aromatic N) is 1. The molecule has 296 valence electrons. The van der Waals surface area contributed by atoms with Crippen molar-refractivity contribution in [2.45, 2.75) is 94.5 Å². The summed E-state index contributed by atoms with van der Waals surface area (Å²) in [5, 5.41) is 39.3. The summed E-state index contributed by atoms with van der Waals surface area (Å²) in [5.74, 6) is -0.886. The van der Waals surface area contributed by atoms with Crippen molar-refractivity contribution in [3.8, 4) is 0 Å². The molecule has 0 saturated carbocycles. The van der Waals surface area contributed by atoms with Crippen LogP contribution in [0.3, 0.4) is 0 Å². The fraction of sp³-hybridized carbons (Fsp3) is 0.742. The molecule has 2 saturated heterocycles. The van der Waals surface area contributed by atoms with Crippen molar-refractivity contribution < 1.29 is 53.0 Å². The Labute approximate surface area is 312 Å². The number of ether oxygens (including phenoxy) is 4. The number of rotatable bonds is 21. The normalized spacial score (nSPS) is 28.8. The van der Waals surface area contributed by atoms with Crippen LogP contribution in [0.5, 0.6) is 0 Å². The molecule has 1 aromatic rings. The fourth-order valence-corrected chi connectivity index (χ4v) is 7.04. The van der Waals surface area contributed by atoms with E-state index in [1.807, 2.05) is 12.2 Å². The zero-order valence-corrected chi connectivity index (χ0v) is 32.0. The van der Waals surface area contributed by atoms with Crippen LogP contribution in [0.25, 0.3) is 0 Å². The monoisotopic (exact) mass is 797 g/mol. The number of aromatic amines is 1. The van der Waals surface area contributed by atoms with Crippen LogP contribution in [0, 0.1) is 5.92 Å². The fourth-order valence-electron chi connectivity index (χ4n) is 5.85. The van der Waals surface area contributed by atoms with Gasteiger partial charge in [-0.05, 0) is 62.5 Å². The number of H-pyrrole nitrogens is 1. The minimum Gasteiger partial charge on any atom is -0.394 e. The van der Waals surface area contributed by atoms with Gasteiger partial charge in [0.15, 0.2) is 11.4 Å². The molecule has 21 heteroatoms. The predicted molar refractivity (Wildman–Crippen MR) is 196 cm³/mol. The largest absolute Gasteiger partial charge is 0.394 e. The lowest BCUT2D eigenvalue weighted by molar-refractivity contribution is -0.270. The highest BCUT2D eigenvalue weighted by Crippen LogP contribution is 2.50. The Morgan fingerprint density at radius 3 is 2.42 bits per heavy atom. The van der Waals surface area contributed by atoms with Crippen molar-refractivity contribution in [1.29, 1.82) is 0 Å². The topological polar surface area (TPSA) is 244 Å². The minimum atomic E-state index is -3.59. The zero-order valence-electron chi connectivity index (χ0n) is 29.5. The molecule has 2 unspecified atom stereocenters. The second kappa shape index (κ2) is 22.3. The second-order valence-corrected chi connectivity index (χ2v) is 15.6. The number of aliphatic hydroxyl groups is 3. The number of amides is 1. The highest BCUT2D eigenvalue weighted by molar-refractivity contribution is 8.07. The van der Waals surface area contributed by atoms with Gasteiger partial charge in [0.25, 0.3) is 5.56 Å². The molecule has 0 spiro atoms. The van der Waals surface area contributed by atoms with Crippen molar-refractivity contribution in [3.63, 3.8) is 0 Å². The van der Waals surface area contributed by atoms with Crippen LogP contribution in [0.1, 0.15) is 51.7 Å². The number of carbonyl (C=O) groups excluding carboxylic acids is 1. The lowest BCUT2D eigenvalue weighted by atomic mass is 9.95. The molecule has 2 aliphatic rings. The van der Waals surface area contributed by atoms with Gasteiger partial charge >= 0.3 is 12.4 Å². The molecule has 0 aromatic carbocycles. The Kier molecular flexibility index (Phi) is 18.9. The van der Waals surface area contributed by atoms with E-state index in [0.717, 1.165) is 19.3 Å². The van der Waals surface area contributed by atoms with Gasteiger partial charge in [-0.1, -0.05) is 12.2 Å². The first-order valence-electron chi connectivity index (χ1n) is 17.0. The summed E-state index contributed by atoms with van der Waals surface area (Å²) in [7, 11) is 2.75. The molecule has 52 heavy (non-hydrogen) atoms. The number of thiocarbonyl (C=S) groups is 1. The molecule has 2 aliphatic heterocycles. The van der Waals surface area contributed by atoms with Gasteiger partial charge in [0.1, 0.15) is 42.8 Å². The van der Waals surface area contributed by atoms with Gasteiger partial charge in [0.2, 0.25) is 5.91 Å². The molecule has 0 aliphatic carbocycles. The number of aliphatic hydroxyl groups excluding tert-OH is 3. The van der Waals surface area contributed by atoms with E-state index in [1.165, 1.54) is 38.0 Å². The van der Waals surface area contributed by atoms with Crippen molar-refractivity contribution in [3.05, 3.63) is 45.3 Å². The molecule has 0 radical (unpaired) electrons. The molecule has 2 fully saturated rings. The molecular formula is C31H52N5O13PS2. The van der Waals surface area contributed by atoms with E-state index < -0.39 is 85.5 Å². The number of carbonyl (C=O) groups is 1. The molecule has 10 atom stereocenters. The van der Waals surface area contributed by atoms with Gasteiger partial charge in [0.05, 0.1) is 13.2 Å². The van der Waals surface area contributed by atoms with Crippen molar-refractivity contribution in [2.75, 3.05) is 47.1 Å². The number of allylic oxidation sites excluding steroid dienone is 2. The van der Waals surface area contributed by atoms with Crippen LogP contribution < -0.4 is 27.2 Å². The third-order valence-corrected chi connectivity index (χ3v) is 10.4. The Balaban J connectivity index is 1.37. The van der Waals surface area contributed by atoms with Gasteiger partial charge in [-0.2, -0.15) is 0 Å². The van der Waals surface area contributed by atoms with Crippen LogP contribution in [-0.4, -0.2) is 131 Å². The van der Waals surface area contributed by atoms with Gasteiger partial charge in [-0.15, -0.1) is 0 Å². The third-order valence-electron chi connectivity index (χ3n) is 8.46. The smallest absolute Gasteiger partial charge is 0.330 e. The number of hydrogen-bond donors (Lipinski definition) is 8. The molecule has 8 N–H and O–H groups in total. The summed E-state index contributed by atoms with van der Waals surface area (Å²) in [4.78, 5) is 48.5. The average Bonchev–Trinajstić information content (AvgIpc) is 3.41. The van der Waals surface area contributed by atoms with E-state index in [1.54, 1.807) is 0 Å². The molecule has 3 heterocycles. The first kappa shape index (κ1) is 44.2. The van der Waals surface area contributed by atoms with E-state index >= 15 is 0 Å². The maximum atomic E-state index is 12.6. The Hall–Kier alpha value is -2.17. The maximum Gasteiger partial charge on any atom is 0.330 e. The van der Waals surface area contributed by atoms with E-state index in [4.69, 9.17) is 52.0 Å². The second-order valence-electron chi connectivity index (χ2n) is 12.3. The quantitative estimate of drug-likeness (QED) is 0.0331. The number of unbranched alkanes of at least 4 members (excludes halogenated alkanes) is 3. The number of methoxy groups -OCH3 is 1. The SMILES string of the molecule is COC[C@H]1O[C@@H](n2ccc(=O)[nH]c2=O)C(C/C=C/CCCCNC(=S)NCCCCO[C@@H]2O[C@H](CO)[C@H](O)[C@H](O)[C@H]2NC(C)=O)[C@H]1OP(O)(=S)OC. The summed E-state index contributed by atoms with van der Waals surface area (Å²) in [6, 6.07) is 0.248. The van der Waals surface area contributed by atoms with Crippen molar-refractivity contribution in [1.82, 2.24) is 25.5 Å². The van der Waals surface area contributed by atoms with E-state index in [2.05, 4.69) is 20.9 Å². The Morgan fingerprint density at radius 2 is 1.79 bits per heavy atom. The number of hydrogen-bond acceptors (Lipinski definition) is 14. The maximum absolute atomic E-state index is 12.6. The van der Waals surface area contributed by atoms with E-state index in [0.29, 0.717) is 37.5 Å². The molecular weight excluding hydrogens is 745 g/mol. The summed E-state index contributed by atoms with van der Waals surface area (Å²) in [5.41, 5.74) is -1.18. The van der Waals surface area contributed by atoms with Crippen LogP contribution in [0.15, 0.2) is 34.0 Å². The Morgan fingerprint density at radius 1 is 1.08 bits per heavy atom. The molecule has 18 nitrogen and oxygen atoms in total.